The predicted octanol–water partition coefficient (Wildman–Crippen LogP) is 2.59. The molecule has 1 atom stereocenters. The first-order valence-electron chi connectivity index (χ1n) is 7.67. The van der Waals surface area contributed by atoms with Crippen molar-refractivity contribution in [1.29, 1.82) is 0 Å². The van der Waals surface area contributed by atoms with E-state index in [2.05, 4.69) is 24.1 Å². The summed E-state index contributed by atoms with van der Waals surface area (Å²) in [5, 5.41) is 3.41. The largest absolute Gasteiger partial charge is 0.337 e. The van der Waals surface area contributed by atoms with Gasteiger partial charge in [0.2, 0.25) is 5.91 Å². The highest BCUT2D eigenvalue weighted by atomic mass is 35.5. The molecule has 4 heteroatoms. The van der Waals surface area contributed by atoms with Crippen molar-refractivity contribution in [2.75, 3.05) is 13.1 Å². The first kappa shape index (κ1) is 15.1. The lowest BCUT2D eigenvalue weighted by atomic mass is 9.88. The SMILES string of the molecule is CC(C)N(C(=O)C1CC12CCNCC2)C1CCC1.Cl. The molecule has 3 nitrogen and oxygen atoms in total. The number of nitrogens with one attached hydrogen (secondary N) is 1. The normalized spacial score (nSPS) is 28.7. The Bertz CT molecular complexity index is 335. The molecular formula is C15H27ClN2O. The van der Waals surface area contributed by atoms with Crippen LogP contribution in [0.15, 0.2) is 0 Å². The molecule has 1 heterocycles. The summed E-state index contributed by atoms with van der Waals surface area (Å²) in [5.41, 5.74) is 0.388. The van der Waals surface area contributed by atoms with Gasteiger partial charge in [0.25, 0.3) is 0 Å². The Kier molecular flexibility index (Phi) is 4.46. The van der Waals surface area contributed by atoms with Crippen LogP contribution >= 0.6 is 12.4 Å². The standard InChI is InChI=1S/C15H26N2O.ClH/c1-11(2)17(12-4-3-5-12)14(18)13-10-15(13)6-8-16-9-7-15;/h11-13,16H,3-10H2,1-2H3;1H. The molecule has 3 aliphatic rings. The lowest BCUT2D eigenvalue weighted by molar-refractivity contribution is -0.140. The van der Waals surface area contributed by atoms with E-state index in [1.165, 1.54) is 32.1 Å². The molecule has 0 aromatic carbocycles. The van der Waals surface area contributed by atoms with E-state index in [-0.39, 0.29) is 12.4 Å². The van der Waals surface area contributed by atoms with Crippen LogP contribution in [0.25, 0.3) is 0 Å². The van der Waals surface area contributed by atoms with Crippen LogP contribution < -0.4 is 5.32 Å². The molecule has 3 rings (SSSR count). The average Bonchev–Trinajstić information content (AvgIpc) is 2.97. The van der Waals surface area contributed by atoms with E-state index < -0.39 is 0 Å². The molecule has 1 spiro atoms. The van der Waals surface area contributed by atoms with Gasteiger partial charge < -0.3 is 10.2 Å². The fourth-order valence-electron chi connectivity index (χ4n) is 3.87. The number of hydrogen-bond donors (Lipinski definition) is 1. The first-order valence-corrected chi connectivity index (χ1v) is 7.67. The second-order valence-electron chi connectivity index (χ2n) is 6.79. The first-order chi connectivity index (χ1) is 8.64. The minimum atomic E-state index is 0. The van der Waals surface area contributed by atoms with Gasteiger partial charge in [-0.2, -0.15) is 0 Å². The van der Waals surface area contributed by atoms with Gasteiger partial charge in [0.1, 0.15) is 0 Å². The molecule has 2 saturated carbocycles. The van der Waals surface area contributed by atoms with Crippen molar-refractivity contribution in [3.63, 3.8) is 0 Å². The number of rotatable bonds is 3. The van der Waals surface area contributed by atoms with Gasteiger partial charge in [-0.1, -0.05) is 0 Å². The summed E-state index contributed by atoms with van der Waals surface area (Å²) in [6.45, 7) is 6.56. The number of amides is 1. The van der Waals surface area contributed by atoms with Crippen molar-refractivity contribution in [1.82, 2.24) is 10.2 Å². The van der Waals surface area contributed by atoms with Gasteiger partial charge in [-0.3, -0.25) is 4.79 Å². The van der Waals surface area contributed by atoms with Crippen molar-refractivity contribution in [3.8, 4) is 0 Å². The van der Waals surface area contributed by atoms with Crippen LogP contribution in [-0.4, -0.2) is 36.0 Å². The Hall–Kier alpha value is -0.280. The molecule has 19 heavy (non-hydrogen) atoms. The summed E-state index contributed by atoms with van der Waals surface area (Å²) >= 11 is 0. The van der Waals surface area contributed by atoms with Crippen LogP contribution in [0.3, 0.4) is 0 Å². The quantitative estimate of drug-likeness (QED) is 0.865. The molecule has 1 aliphatic heterocycles. The Morgan fingerprint density at radius 2 is 1.89 bits per heavy atom. The fraction of sp³-hybridized carbons (Fsp3) is 0.933. The minimum absolute atomic E-state index is 0. The maximum Gasteiger partial charge on any atom is 0.226 e. The summed E-state index contributed by atoms with van der Waals surface area (Å²) in [5.74, 6) is 0.819. The number of carbonyl (C=O) groups excluding carboxylic acids is 1. The van der Waals surface area contributed by atoms with Crippen molar-refractivity contribution >= 4 is 18.3 Å². The van der Waals surface area contributed by atoms with E-state index in [0.29, 0.717) is 29.3 Å². The number of halogens is 1. The van der Waals surface area contributed by atoms with Crippen molar-refractivity contribution in [2.24, 2.45) is 11.3 Å². The molecule has 3 fully saturated rings. The summed E-state index contributed by atoms with van der Waals surface area (Å²) < 4.78 is 0. The van der Waals surface area contributed by atoms with Crippen LogP contribution in [0.2, 0.25) is 0 Å². The zero-order valence-corrected chi connectivity index (χ0v) is 13.0. The van der Waals surface area contributed by atoms with Crippen molar-refractivity contribution < 1.29 is 4.79 Å². The number of nitrogens with zero attached hydrogens (tertiary/aromatic N) is 1. The van der Waals surface area contributed by atoms with Gasteiger partial charge in [0, 0.05) is 18.0 Å². The molecular weight excluding hydrogens is 260 g/mol. The van der Waals surface area contributed by atoms with E-state index in [9.17, 15) is 4.79 Å². The van der Waals surface area contributed by atoms with Gasteiger partial charge in [-0.25, -0.2) is 0 Å². The Labute approximate surface area is 122 Å². The summed E-state index contributed by atoms with van der Waals surface area (Å²) in [6, 6.07) is 0.930. The lowest BCUT2D eigenvalue weighted by Crippen LogP contribution is -2.49. The van der Waals surface area contributed by atoms with E-state index in [1.807, 2.05) is 0 Å². The van der Waals surface area contributed by atoms with Crippen LogP contribution in [0.5, 0.6) is 0 Å². The third-order valence-electron chi connectivity index (χ3n) is 5.37. The number of piperidine rings is 1. The number of carbonyl (C=O) groups is 1. The molecule has 1 amide bonds. The molecule has 0 aromatic heterocycles. The minimum Gasteiger partial charge on any atom is -0.337 e. The van der Waals surface area contributed by atoms with Gasteiger partial charge in [0.15, 0.2) is 0 Å². The highest BCUT2D eigenvalue weighted by Crippen LogP contribution is 2.59. The molecule has 2 aliphatic carbocycles. The van der Waals surface area contributed by atoms with E-state index in [4.69, 9.17) is 0 Å². The van der Waals surface area contributed by atoms with E-state index in [0.717, 1.165) is 19.5 Å². The van der Waals surface area contributed by atoms with Crippen LogP contribution in [0, 0.1) is 11.3 Å². The molecule has 1 saturated heterocycles. The Balaban J connectivity index is 0.00000133. The summed E-state index contributed by atoms with van der Waals surface area (Å²) in [4.78, 5) is 15.0. The summed E-state index contributed by atoms with van der Waals surface area (Å²) in [7, 11) is 0. The second-order valence-corrected chi connectivity index (χ2v) is 6.79. The third kappa shape index (κ3) is 2.64. The van der Waals surface area contributed by atoms with Gasteiger partial charge >= 0.3 is 0 Å². The highest BCUT2D eigenvalue weighted by Gasteiger charge is 2.59. The topological polar surface area (TPSA) is 32.3 Å². The molecule has 0 aromatic rings. The molecule has 1 unspecified atom stereocenters. The maximum absolute atomic E-state index is 12.8. The summed E-state index contributed by atoms with van der Waals surface area (Å²) in [6.07, 6.45) is 7.33. The lowest BCUT2D eigenvalue weighted by Gasteiger charge is -2.41. The Morgan fingerprint density at radius 3 is 2.37 bits per heavy atom. The predicted molar refractivity (Wildman–Crippen MR) is 79.5 cm³/mol. The molecule has 110 valence electrons. The van der Waals surface area contributed by atoms with Crippen LogP contribution in [0.4, 0.5) is 0 Å². The highest BCUT2D eigenvalue weighted by molar-refractivity contribution is 5.85. The van der Waals surface area contributed by atoms with Crippen molar-refractivity contribution in [3.05, 3.63) is 0 Å². The van der Waals surface area contributed by atoms with Crippen LogP contribution in [-0.2, 0) is 4.79 Å². The smallest absolute Gasteiger partial charge is 0.226 e. The molecule has 0 bridgehead atoms. The number of hydrogen-bond acceptors (Lipinski definition) is 2. The van der Waals surface area contributed by atoms with Crippen LogP contribution in [0.1, 0.15) is 52.4 Å². The fourth-order valence-corrected chi connectivity index (χ4v) is 3.87. The maximum atomic E-state index is 12.8. The van der Waals surface area contributed by atoms with Gasteiger partial charge in [-0.15, -0.1) is 12.4 Å². The Morgan fingerprint density at radius 1 is 1.26 bits per heavy atom. The van der Waals surface area contributed by atoms with E-state index >= 15 is 0 Å². The monoisotopic (exact) mass is 286 g/mol. The average molecular weight is 287 g/mol. The zero-order valence-electron chi connectivity index (χ0n) is 12.2. The van der Waals surface area contributed by atoms with Crippen molar-refractivity contribution in [2.45, 2.75) is 64.5 Å². The second kappa shape index (κ2) is 5.61. The molecule has 1 N–H and O–H groups in total. The third-order valence-corrected chi connectivity index (χ3v) is 5.37. The zero-order chi connectivity index (χ0) is 12.8. The van der Waals surface area contributed by atoms with Gasteiger partial charge in [0.05, 0.1) is 0 Å². The molecule has 0 radical (unpaired) electrons. The van der Waals surface area contributed by atoms with Gasteiger partial charge in [-0.05, 0) is 70.9 Å². The van der Waals surface area contributed by atoms with E-state index in [1.54, 1.807) is 0 Å².